The molecule has 0 radical (unpaired) electrons. The van der Waals surface area contributed by atoms with Crippen molar-refractivity contribution in [1.29, 1.82) is 0 Å². The van der Waals surface area contributed by atoms with Gasteiger partial charge < -0.3 is 5.73 Å². The first-order valence-electron chi connectivity index (χ1n) is 5.97. The number of aromatic nitrogens is 3. The van der Waals surface area contributed by atoms with E-state index in [0.717, 1.165) is 16.7 Å². The zero-order valence-corrected chi connectivity index (χ0v) is 12.0. The number of benzene rings is 1. The van der Waals surface area contributed by atoms with Crippen LogP contribution >= 0.6 is 23.4 Å². The normalized spacial score (nSPS) is 10.8. The van der Waals surface area contributed by atoms with Gasteiger partial charge in [-0.15, -0.1) is 0 Å². The van der Waals surface area contributed by atoms with Crippen molar-refractivity contribution in [3.63, 3.8) is 0 Å². The van der Waals surface area contributed by atoms with Gasteiger partial charge in [0.1, 0.15) is 11.0 Å². The van der Waals surface area contributed by atoms with Gasteiger partial charge in [-0.2, -0.15) is 0 Å². The summed E-state index contributed by atoms with van der Waals surface area (Å²) < 4.78 is 0. The molecule has 4 nitrogen and oxygen atoms in total. The lowest BCUT2D eigenvalue weighted by atomic mass is 10.1. The molecule has 0 spiro atoms. The molecule has 0 bridgehead atoms. The van der Waals surface area contributed by atoms with Gasteiger partial charge in [0.15, 0.2) is 5.16 Å². The molecule has 0 atom stereocenters. The fourth-order valence-corrected chi connectivity index (χ4v) is 2.89. The van der Waals surface area contributed by atoms with Crippen molar-refractivity contribution in [2.75, 3.05) is 5.73 Å². The lowest BCUT2D eigenvalue weighted by Gasteiger charge is -2.04. The first kappa shape index (κ1) is 13.1. The first-order chi connectivity index (χ1) is 9.70. The SMILES string of the molecule is Nc1cc(Cl)nc(SCc2ccc3ncccc3c2)n1. The van der Waals surface area contributed by atoms with Gasteiger partial charge in [0.25, 0.3) is 0 Å². The number of nitrogen functional groups attached to an aromatic ring is 1. The smallest absolute Gasteiger partial charge is 0.191 e. The van der Waals surface area contributed by atoms with Crippen molar-refractivity contribution in [2.24, 2.45) is 0 Å². The summed E-state index contributed by atoms with van der Waals surface area (Å²) >= 11 is 7.36. The summed E-state index contributed by atoms with van der Waals surface area (Å²) in [6, 6.07) is 11.7. The number of rotatable bonds is 3. The highest BCUT2D eigenvalue weighted by Gasteiger charge is 2.03. The number of hydrogen-bond donors (Lipinski definition) is 1. The summed E-state index contributed by atoms with van der Waals surface area (Å²) in [5.74, 6) is 1.14. The molecule has 0 saturated heterocycles. The van der Waals surface area contributed by atoms with E-state index in [1.54, 1.807) is 6.20 Å². The van der Waals surface area contributed by atoms with Gasteiger partial charge in [0.2, 0.25) is 0 Å². The maximum Gasteiger partial charge on any atom is 0.191 e. The zero-order valence-electron chi connectivity index (χ0n) is 10.5. The molecular weight excluding hydrogens is 292 g/mol. The van der Waals surface area contributed by atoms with Crippen molar-refractivity contribution >= 4 is 40.1 Å². The van der Waals surface area contributed by atoms with E-state index in [4.69, 9.17) is 17.3 Å². The maximum absolute atomic E-state index is 5.86. The Morgan fingerprint density at radius 3 is 2.90 bits per heavy atom. The Balaban J connectivity index is 1.79. The highest BCUT2D eigenvalue weighted by atomic mass is 35.5. The lowest BCUT2D eigenvalue weighted by molar-refractivity contribution is 0.976. The number of nitrogens with two attached hydrogens (primary N) is 1. The van der Waals surface area contributed by atoms with Crippen LogP contribution in [0.4, 0.5) is 5.82 Å². The highest BCUT2D eigenvalue weighted by molar-refractivity contribution is 7.98. The molecule has 0 aliphatic carbocycles. The van der Waals surface area contributed by atoms with E-state index in [-0.39, 0.29) is 0 Å². The fourth-order valence-electron chi connectivity index (χ4n) is 1.84. The second-order valence-corrected chi connectivity index (χ2v) is 5.55. The van der Waals surface area contributed by atoms with Crippen LogP contribution in [0.25, 0.3) is 10.9 Å². The molecule has 20 heavy (non-hydrogen) atoms. The van der Waals surface area contributed by atoms with E-state index >= 15 is 0 Å². The molecule has 6 heteroatoms. The third-order valence-corrected chi connectivity index (χ3v) is 3.84. The summed E-state index contributed by atoms with van der Waals surface area (Å²) in [6.07, 6.45) is 1.79. The molecule has 0 amide bonds. The van der Waals surface area contributed by atoms with Crippen LogP contribution in [0.3, 0.4) is 0 Å². The highest BCUT2D eigenvalue weighted by Crippen LogP contribution is 2.23. The van der Waals surface area contributed by atoms with Crippen LogP contribution in [0.1, 0.15) is 5.56 Å². The van der Waals surface area contributed by atoms with E-state index in [0.29, 0.717) is 16.1 Å². The fraction of sp³-hybridized carbons (Fsp3) is 0.0714. The molecule has 0 saturated carbocycles. The Kier molecular flexibility index (Phi) is 3.71. The molecular formula is C14H11ClN4S. The number of pyridine rings is 1. The molecule has 0 fully saturated rings. The number of anilines is 1. The quantitative estimate of drug-likeness (QED) is 0.455. The van der Waals surface area contributed by atoms with Crippen LogP contribution in [-0.4, -0.2) is 15.0 Å². The van der Waals surface area contributed by atoms with Crippen LogP contribution < -0.4 is 5.73 Å². The predicted molar refractivity (Wildman–Crippen MR) is 82.8 cm³/mol. The van der Waals surface area contributed by atoms with Gasteiger partial charge in [0.05, 0.1) is 5.52 Å². The van der Waals surface area contributed by atoms with Crippen molar-refractivity contribution in [3.05, 3.63) is 53.3 Å². The molecule has 1 aromatic carbocycles. The Hall–Kier alpha value is -1.85. The van der Waals surface area contributed by atoms with E-state index in [1.165, 1.54) is 23.4 Å². The van der Waals surface area contributed by atoms with E-state index < -0.39 is 0 Å². The average molecular weight is 303 g/mol. The number of thioether (sulfide) groups is 1. The summed E-state index contributed by atoms with van der Waals surface area (Å²) in [5.41, 5.74) is 7.81. The standard InChI is InChI=1S/C14H11ClN4S/c15-12-7-13(16)19-14(18-12)20-8-9-3-4-11-10(6-9)2-1-5-17-11/h1-7H,8H2,(H2,16,18,19). The van der Waals surface area contributed by atoms with Crippen molar-refractivity contribution in [3.8, 4) is 0 Å². The Morgan fingerprint density at radius 1 is 1.15 bits per heavy atom. The van der Waals surface area contributed by atoms with Crippen LogP contribution in [-0.2, 0) is 5.75 Å². The second-order valence-electron chi connectivity index (χ2n) is 4.22. The summed E-state index contributed by atoms with van der Waals surface area (Å²) in [5, 5.41) is 2.07. The molecule has 3 aromatic rings. The number of hydrogen-bond acceptors (Lipinski definition) is 5. The third-order valence-electron chi connectivity index (χ3n) is 2.73. The van der Waals surface area contributed by atoms with E-state index in [9.17, 15) is 0 Å². The third kappa shape index (κ3) is 3.00. The number of halogens is 1. The molecule has 0 aliphatic heterocycles. The summed E-state index contributed by atoms with van der Waals surface area (Å²) in [7, 11) is 0. The maximum atomic E-state index is 5.86. The van der Waals surface area contributed by atoms with Crippen LogP contribution in [0.2, 0.25) is 5.15 Å². The van der Waals surface area contributed by atoms with Gasteiger partial charge in [-0.05, 0) is 23.8 Å². The van der Waals surface area contributed by atoms with Gasteiger partial charge in [0, 0.05) is 23.4 Å². The summed E-state index contributed by atoms with van der Waals surface area (Å²) in [6.45, 7) is 0. The number of nitrogens with zero attached hydrogens (tertiary/aromatic N) is 3. The Morgan fingerprint density at radius 2 is 2.05 bits per heavy atom. The molecule has 2 heterocycles. The first-order valence-corrected chi connectivity index (χ1v) is 7.33. The molecule has 2 N–H and O–H groups in total. The van der Waals surface area contributed by atoms with Crippen molar-refractivity contribution < 1.29 is 0 Å². The van der Waals surface area contributed by atoms with Gasteiger partial charge in [-0.3, -0.25) is 4.98 Å². The van der Waals surface area contributed by atoms with Crippen molar-refractivity contribution in [1.82, 2.24) is 15.0 Å². The minimum atomic E-state index is 0.364. The largest absolute Gasteiger partial charge is 0.384 e. The molecule has 100 valence electrons. The summed E-state index contributed by atoms with van der Waals surface area (Å²) in [4.78, 5) is 12.6. The van der Waals surface area contributed by atoms with Crippen LogP contribution in [0, 0.1) is 0 Å². The molecule has 0 unspecified atom stereocenters. The van der Waals surface area contributed by atoms with Crippen LogP contribution in [0.15, 0.2) is 47.8 Å². The minimum Gasteiger partial charge on any atom is -0.384 e. The van der Waals surface area contributed by atoms with Crippen molar-refractivity contribution in [2.45, 2.75) is 10.9 Å². The number of fused-ring (bicyclic) bond motifs is 1. The van der Waals surface area contributed by atoms with Crippen LogP contribution in [0.5, 0.6) is 0 Å². The van der Waals surface area contributed by atoms with Gasteiger partial charge in [-0.25, -0.2) is 9.97 Å². The topological polar surface area (TPSA) is 64.7 Å². The average Bonchev–Trinajstić information content (AvgIpc) is 2.44. The minimum absolute atomic E-state index is 0.364. The molecule has 3 rings (SSSR count). The van der Waals surface area contributed by atoms with Gasteiger partial charge >= 0.3 is 0 Å². The van der Waals surface area contributed by atoms with E-state index in [1.807, 2.05) is 18.2 Å². The molecule has 2 aromatic heterocycles. The van der Waals surface area contributed by atoms with Gasteiger partial charge in [-0.1, -0.05) is 35.5 Å². The lowest BCUT2D eigenvalue weighted by Crippen LogP contribution is -1.95. The zero-order chi connectivity index (χ0) is 13.9. The Labute approximate surface area is 125 Å². The monoisotopic (exact) mass is 302 g/mol. The molecule has 0 aliphatic rings. The Bertz CT molecular complexity index is 743. The van der Waals surface area contributed by atoms with E-state index in [2.05, 4.69) is 27.1 Å². The predicted octanol–water partition coefficient (Wildman–Crippen LogP) is 3.55. The second kappa shape index (κ2) is 5.64.